The fraction of sp³-hybridized carbons (Fsp3) is 0.391. The van der Waals surface area contributed by atoms with Gasteiger partial charge in [-0.3, -0.25) is 19.7 Å². The van der Waals surface area contributed by atoms with Crippen LogP contribution in [0.3, 0.4) is 0 Å². The lowest BCUT2D eigenvalue weighted by Crippen LogP contribution is -2.52. The second-order valence-electron chi connectivity index (χ2n) is 8.43. The van der Waals surface area contributed by atoms with E-state index >= 15 is 0 Å². The summed E-state index contributed by atoms with van der Waals surface area (Å²) in [6, 6.07) is 11.2. The number of nitro groups is 1. The van der Waals surface area contributed by atoms with E-state index in [0.29, 0.717) is 11.4 Å². The number of halogens is 3. The molecule has 0 aliphatic carbocycles. The maximum absolute atomic E-state index is 12.7. The molecular weight excluding hydrogens is 467 g/mol. The van der Waals surface area contributed by atoms with Crippen molar-refractivity contribution in [2.75, 3.05) is 54.4 Å². The molecule has 186 valence electrons. The maximum Gasteiger partial charge on any atom is 0.471 e. The molecule has 2 amide bonds. The van der Waals surface area contributed by atoms with Gasteiger partial charge < -0.3 is 20.0 Å². The lowest BCUT2D eigenvalue weighted by Gasteiger charge is -2.36. The number of alkyl halides is 3. The van der Waals surface area contributed by atoms with E-state index in [2.05, 4.69) is 5.32 Å². The van der Waals surface area contributed by atoms with Crippen molar-refractivity contribution in [3.63, 3.8) is 0 Å². The van der Waals surface area contributed by atoms with Crippen molar-refractivity contribution in [2.45, 2.75) is 19.0 Å². The Labute approximate surface area is 199 Å². The second-order valence-corrected chi connectivity index (χ2v) is 8.43. The van der Waals surface area contributed by atoms with Gasteiger partial charge in [-0.2, -0.15) is 13.2 Å². The normalized spacial score (nSPS) is 16.4. The van der Waals surface area contributed by atoms with Crippen molar-refractivity contribution in [3.8, 4) is 0 Å². The highest BCUT2D eigenvalue weighted by atomic mass is 19.4. The molecule has 0 aromatic heterocycles. The van der Waals surface area contributed by atoms with Gasteiger partial charge in [-0.05, 0) is 49.2 Å². The van der Waals surface area contributed by atoms with Crippen LogP contribution in [0.5, 0.6) is 0 Å². The summed E-state index contributed by atoms with van der Waals surface area (Å²) in [5.74, 6) is -2.32. The molecule has 0 spiro atoms. The third-order valence-electron chi connectivity index (χ3n) is 6.18. The number of benzene rings is 2. The van der Waals surface area contributed by atoms with Crippen LogP contribution in [-0.4, -0.2) is 67.1 Å². The fourth-order valence-corrected chi connectivity index (χ4v) is 4.34. The van der Waals surface area contributed by atoms with Crippen LogP contribution in [0.4, 0.5) is 35.9 Å². The molecule has 0 saturated carbocycles. The van der Waals surface area contributed by atoms with Gasteiger partial charge in [0, 0.05) is 62.3 Å². The molecule has 12 heteroatoms. The largest absolute Gasteiger partial charge is 0.471 e. The molecule has 2 saturated heterocycles. The molecule has 1 N–H and O–H groups in total. The van der Waals surface area contributed by atoms with E-state index in [4.69, 9.17) is 0 Å². The van der Waals surface area contributed by atoms with Crippen molar-refractivity contribution >= 4 is 34.6 Å². The monoisotopic (exact) mass is 491 g/mol. The van der Waals surface area contributed by atoms with Crippen LogP contribution in [0.25, 0.3) is 0 Å². The lowest BCUT2D eigenvalue weighted by atomic mass is 10.1. The summed E-state index contributed by atoms with van der Waals surface area (Å²) in [7, 11) is 0. The van der Waals surface area contributed by atoms with E-state index in [0.717, 1.165) is 36.5 Å². The predicted molar refractivity (Wildman–Crippen MR) is 124 cm³/mol. The Balaban J connectivity index is 1.38. The van der Waals surface area contributed by atoms with Crippen molar-refractivity contribution in [3.05, 3.63) is 58.1 Å². The molecule has 2 aromatic rings. The van der Waals surface area contributed by atoms with Crippen molar-refractivity contribution in [1.82, 2.24) is 4.90 Å². The number of nitro benzene ring substituents is 1. The molecule has 0 unspecified atom stereocenters. The smallest absolute Gasteiger partial charge is 0.368 e. The highest BCUT2D eigenvalue weighted by Crippen LogP contribution is 2.32. The first-order chi connectivity index (χ1) is 16.6. The van der Waals surface area contributed by atoms with E-state index in [1.54, 1.807) is 36.4 Å². The summed E-state index contributed by atoms with van der Waals surface area (Å²) in [6.07, 6.45) is -2.94. The van der Waals surface area contributed by atoms with Crippen LogP contribution in [0.15, 0.2) is 42.5 Å². The first-order valence-electron chi connectivity index (χ1n) is 11.2. The second kappa shape index (κ2) is 9.80. The average Bonchev–Trinajstić information content (AvgIpc) is 3.38. The van der Waals surface area contributed by atoms with E-state index in [-0.39, 0.29) is 37.4 Å². The zero-order chi connectivity index (χ0) is 25.2. The minimum Gasteiger partial charge on any atom is -0.368 e. The van der Waals surface area contributed by atoms with Gasteiger partial charge in [0.25, 0.3) is 11.6 Å². The first kappa shape index (κ1) is 24.3. The summed E-state index contributed by atoms with van der Waals surface area (Å²) in [5, 5.41) is 14.3. The summed E-state index contributed by atoms with van der Waals surface area (Å²) in [5.41, 5.74) is 1.77. The summed E-state index contributed by atoms with van der Waals surface area (Å²) in [4.78, 5) is 39.7. The standard InChI is InChI=1S/C23H24F3N5O4/c24-23(25,26)22(33)30-13-11-28(12-14-30)18-6-4-17(5-7-18)27-21(32)16-3-8-19(20(15-16)31(34)35)29-9-1-2-10-29/h3-8,15H,1-2,9-14H2,(H,27,32). The number of piperazine rings is 1. The SMILES string of the molecule is O=C(Nc1ccc(N2CCN(C(=O)C(F)(F)F)CC2)cc1)c1ccc(N2CCCC2)c([N+](=O)[O-])c1. The van der Waals surface area contributed by atoms with Gasteiger partial charge in [0.15, 0.2) is 0 Å². The number of nitrogens with zero attached hydrogens (tertiary/aromatic N) is 4. The molecule has 2 aromatic carbocycles. The van der Waals surface area contributed by atoms with Gasteiger partial charge in [0.2, 0.25) is 0 Å². The molecule has 4 rings (SSSR count). The summed E-state index contributed by atoms with van der Waals surface area (Å²) in [6.45, 7) is 1.91. The number of hydrogen-bond acceptors (Lipinski definition) is 6. The lowest BCUT2D eigenvalue weighted by molar-refractivity contribution is -0.384. The molecule has 0 bridgehead atoms. The number of carbonyl (C=O) groups is 2. The van der Waals surface area contributed by atoms with Gasteiger partial charge in [-0.25, -0.2) is 0 Å². The van der Waals surface area contributed by atoms with E-state index in [1.165, 1.54) is 6.07 Å². The third-order valence-corrected chi connectivity index (χ3v) is 6.18. The minimum atomic E-state index is -4.88. The Morgan fingerprint density at radius 1 is 0.886 bits per heavy atom. The zero-order valence-corrected chi connectivity index (χ0v) is 18.8. The molecule has 2 aliphatic rings. The Morgan fingerprint density at radius 3 is 2.09 bits per heavy atom. The van der Waals surface area contributed by atoms with Crippen molar-refractivity contribution in [2.24, 2.45) is 0 Å². The van der Waals surface area contributed by atoms with Gasteiger partial charge in [0.05, 0.1) is 4.92 Å². The topological polar surface area (TPSA) is 99.0 Å². The van der Waals surface area contributed by atoms with Crippen LogP contribution >= 0.6 is 0 Å². The highest BCUT2D eigenvalue weighted by Gasteiger charge is 2.43. The first-order valence-corrected chi connectivity index (χ1v) is 11.2. The molecule has 0 radical (unpaired) electrons. The quantitative estimate of drug-likeness (QED) is 0.506. The van der Waals surface area contributed by atoms with Crippen LogP contribution in [0.2, 0.25) is 0 Å². The number of hydrogen-bond donors (Lipinski definition) is 1. The molecule has 2 fully saturated rings. The number of nitrogens with one attached hydrogen (secondary N) is 1. The van der Waals surface area contributed by atoms with E-state index in [9.17, 15) is 32.9 Å². The number of carbonyl (C=O) groups excluding carboxylic acids is 2. The minimum absolute atomic E-state index is 0.0387. The molecule has 0 atom stereocenters. The van der Waals surface area contributed by atoms with Gasteiger partial charge in [-0.15, -0.1) is 0 Å². The predicted octanol–water partition coefficient (Wildman–Crippen LogP) is 3.66. The Hall–Kier alpha value is -3.83. The number of amides is 2. The molecule has 2 aliphatic heterocycles. The Kier molecular flexibility index (Phi) is 6.81. The molecule has 2 heterocycles. The molecular formula is C23H24F3N5O4. The summed E-state index contributed by atoms with van der Waals surface area (Å²) >= 11 is 0. The van der Waals surface area contributed by atoms with Crippen LogP contribution in [0, 0.1) is 10.1 Å². The summed E-state index contributed by atoms with van der Waals surface area (Å²) < 4.78 is 37.8. The third kappa shape index (κ3) is 5.47. The molecule has 9 nitrogen and oxygen atoms in total. The zero-order valence-electron chi connectivity index (χ0n) is 18.8. The van der Waals surface area contributed by atoms with Crippen molar-refractivity contribution < 1.29 is 27.7 Å². The van der Waals surface area contributed by atoms with Gasteiger partial charge in [0.1, 0.15) is 5.69 Å². The van der Waals surface area contributed by atoms with Gasteiger partial charge >= 0.3 is 12.1 Å². The van der Waals surface area contributed by atoms with Crippen molar-refractivity contribution in [1.29, 1.82) is 0 Å². The maximum atomic E-state index is 12.7. The average molecular weight is 491 g/mol. The highest BCUT2D eigenvalue weighted by molar-refractivity contribution is 6.05. The van der Waals surface area contributed by atoms with Gasteiger partial charge in [-0.1, -0.05) is 0 Å². The number of anilines is 3. The Morgan fingerprint density at radius 2 is 1.51 bits per heavy atom. The van der Waals surface area contributed by atoms with E-state index < -0.39 is 22.9 Å². The Bertz CT molecular complexity index is 1110. The van der Waals surface area contributed by atoms with Crippen LogP contribution < -0.4 is 15.1 Å². The number of rotatable bonds is 5. The van der Waals surface area contributed by atoms with Crippen LogP contribution in [-0.2, 0) is 4.79 Å². The van der Waals surface area contributed by atoms with Crippen LogP contribution in [0.1, 0.15) is 23.2 Å². The fourth-order valence-electron chi connectivity index (χ4n) is 4.34. The van der Waals surface area contributed by atoms with E-state index in [1.807, 2.05) is 9.80 Å². The molecule has 35 heavy (non-hydrogen) atoms.